The highest BCUT2D eigenvalue weighted by atomic mass is 16.5. The molecule has 7 nitrogen and oxygen atoms in total. The third-order valence-electron chi connectivity index (χ3n) is 4.02. The summed E-state index contributed by atoms with van der Waals surface area (Å²) in [5.41, 5.74) is 1.76. The van der Waals surface area contributed by atoms with Crippen molar-refractivity contribution in [2.45, 2.75) is 32.8 Å². The van der Waals surface area contributed by atoms with E-state index in [1.165, 1.54) is 0 Å². The third-order valence-corrected chi connectivity index (χ3v) is 4.02. The largest absolute Gasteiger partial charge is 0.492 e. The van der Waals surface area contributed by atoms with Gasteiger partial charge in [-0.3, -0.25) is 4.79 Å². The quantitative estimate of drug-likeness (QED) is 0.875. The molecule has 0 bridgehead atoms. The third kappa shape index (κ3) is 3.41. The molecule has 128 valence electrons. The number of hydrogen-bond donors (Lipinski definition) is 1. The number of aromatic nitrogens is 3. The first-order valence-electron chi connectivity index (χ1n) is 8.25. The lowest BCUT2D eigenvalue weighted by atomic mass is 10.2. The molecular formula is C17H22N4O3. The van der Waals surface area contributed by atoms with Gasteiger partial charge in [-0.1, -0.05) is 17.3 Å². The maximum Gasteiger partial charge on any atom is 0.273 e. The number of ether oxygens (including phenoxy) is 2. The first kappa shape index (κ1) is 16.4. The summed E-state index contributed by atoms with van der Waals surface area (Å²) in [5.74, 6) is 0.474. The van der Waals surface area contributed by atoms with Crippen molar-refractivity contribution in [3.63, 3.8) is 0 Å². The monoisotopic (exact) mass is 330 g/mol. The minimum Gasteiger partial charge on any atom is -0.492 e. The minimum absolute atomic E-state index is 0.1000. The van der Waals surface area contributed by atoms with Gasteiger partial charge in [0.15, 0.2) is 5.69 Å². The van der Waals surface area contributed by atoms with Crippen LogP contribution in [-0.2, 0) is 4.74 Å². The fourth-order valence-electron chi connectivity index (χ4n) is 2.77. The number of para-hydroxylation sites is 2. The van der Waals surface area contributed by atoms with E-state index in [0.717, 1.165) is 25.1 Å². The molecule has 1 atom stereocenters. The van der Waals surface area contributed by atoms with E-state index in [1.54, 1.807) is 4.68 Å². The van der Waals surface area contributed by atoms with Gasteiger partial charge in [0, 0.05) is 13.2 Å². The number of nitrogens with zero attached hydrogens (tertiary/aromatic N) is 3. The van der Waals surface area contributed by atoms with Crippen LogP contribution in [0, 0.1) is 6.92 Å². The van der Waals surface area contributed by atoms with Gasteiger partial charge in [-0.05, 0) is 38.8 Å². The molecule has 1 aromatic heterocycles. The Morgan fingerprint density at radius 2 is 2.29 bits per heavy atom. The van der Waals surface area contributed by atoms with Crippen molar-refractivity contribution in [3.05, 3.63) is 35.7 Å². The molecule has 24 heavy (non-hydrogen) atoms. The zero-order valence-corrected chi connectivity index (χ0v) is 14.0. The summed E-state index contributed by atoms with van der Waals surface area (Å²) in [6, 6.07) is 7.56. The second-order valence-corrected chi connectivity index (χ2v) is 5.68. The van der Waals surface area contributed by atoms with Crippen LogP contribution in [0.5, 0.6) is 5.75 Å². The molecule has 1 fully saturated rings. The van der Waals surface area contributed by atoms with Crippen LogP contribution in [0.2, 0.25) is 0 Å². The maximum absolute atomic E-state index is 12.4. The predicted octanol–water partition coefficient (Wildman–Crippen LogP) is 1.88. The van der Waals surface area contributed by atoms with Crippen LogP contribution in [-0.4, -0.2) is 46.8 Å². The zero-order chi connectivity index (χ0) is 16.9. The highest BCUT2D eigenvalue weighted by molar-refractivity contribution is 5.93. The van der Waals surface area contributed by atoms with Crippen molar-refractivity contribution in [3.8, 4) is 11.4 Å². The van der Waals surface area contributed by atoms with Crippen molar-refractivity contribution >= 4 is 5.91 Å². The van der Waals surface area contributed by atoms with Gasteiger partial charge in [-0.2, -0.15) is 0 Å². The Bertz CT molecular complexity index is 708. The predicted molar refractivity (Wildman–Crippen MR) is 88.6 cm³/mol. The number of hydrogen-bond acceptors (Lipinski definition) is 5. The summed E-state index contributed by atoms with van der Waals surface area (Å²) < 4.78 is 12.8. The van der Waals surface area contributed by atoms with E-state index in [9.17, 15) is 4.79 Å². The van der Waals surface area contributed by atoms with Crippen LogP contribution in [0.15, 0.2) is 24.3 Å². The van der Waals surface area contributed by atoms with Crippen LogP contribution in [0.1, 0.15) is 35.9 Å². The Labute approximate surface area is 141 Å². The van der Waals surface area contributed by atoms with E-state index in [-0.39, 0.29) is 12.0 Å². The van der Waals surface area contributed by atoms with Gasteiger partial charge in [0.05, 0.1) is 18.4 Å². The first-order valence-corrected chi connectivity index (χ1v) is 8.25. The van der Waals surface area contributed by atoms with E-state index < -0.39 is 0 Å². The summed E-state index contributed by atoms with van der Waals surface area (Å²) in [4.78, 5) is 12.4. The summed E-state index contributed by atoms with van der Waals surface area (Å²) in [5, 5.41) is 11.0. The fourth-order valence-corrected chi connectivity index (χ4v) is 2.77. The topological polar surface area (TPSA) is 78.3 Å². The van der Waals surface area contributed by atoms with Crippen LogP contribution in [0.25, 0.3) is 5.69 Å². The molecule has 0 unspecified atom stereocenters. The number of carbonyl (C=O) groups excluding carboxylic acids is 1. The summed E-state index contributed by atoms with van der Waals surface area (Å²) in [6.45, 7) is 5.57. The van der Waals surface area contributed by atoms with Gasteiger partial charge in [0.2, 0.25) is 0 Å². The highest BCUT2D eigenvalue weighted by Crippen LogP contribution is 2.23. The van der Waals surface area contributed by atoms with Crippen LogP contribution >= 0.6 is 0 Å². The molecular weight excluding hydrogens is 308 g/mol. The summed E-state index contributed by atoms with van der Waals surface area (Å²) in [7, 11) is 0. The standard InChI is InChI=1S/C17H22N4O3/c1-3-23-15-9-5-4-8-14(15)21-12(2)16(19-20-21)17(22)18-11-13-7-6-10-24-13/h4-5,8-9,13H,3,6-7,10-11H2,1-2H3,(H,18,22)/t13-/m1/s1. The molecule has 3 rings (SSSR count). The van der Waals surface area contributed by atoms with Gasteiger partial charge in [-0.15, -0.1) is 5.10 Å². The van der Waals surface area contributed by atoms with Crippen molar-refractivity contribution in [1.82, 2.24) is 20.3 Å². The number of benzene rings is 1. The van der Waals surface area contributed by atoms with Crippen LogP contribution in [0.4, 0.5) is 0 Å². The number of rotatable bonds is 6. The lowest BCUT2D eigenvalue weighted by Gasteiger charge is -2.11. The van der Waals surface area contributed by atoms with Crippen LogP contribution < -0.4 is 10.1 Å². The maximum atomic E-state index is 12.4. The van der Waals surface area contributed by atoms with Crippen molar-refractivity contribution in [2.24, 2.45) is 0 Å². The molecule has 1 aliphatic heterocycles. The summed E-state index contributed by atoms with van der Waals surface area (Å²) >= 11 is 0. The molecule has 1 aliphatic rings. The highest BCUT2D eigenvalue weighted by Gasteiger charge is 2.21. The molecule has 1 N–H and O–H groups in total. The Morgan fingerprint density at radius 1 is 1.46 bits per heavy atom. The molecule has 7 heteroatoms. The SMILES string of the molecule is CCOc1ccccc1-n1nnc(C(=O)NC[C@H]2CCCO2)c1C. The Morgan fingerprint density at radius 3 is 3.04 bits per heavy atom. The Hall–Kier alpha value is -2.41. The average molecular weight is 330 g/mol. The van der Waals surface area contributed by atoms with Crippen LogP contribution in [0.3, 0.4) is 0 Å². The number of carbonyl (C=O) groups is 1. The van der Waals surface area contributed by atoms with Gasteiger partial charge >= 0.3 is 0 Å². The lowest BCUT2D eigenvalue weighted by molar-refractivity contribution is 0.0853. The lowest BCUT2D eigenvalue weighted by Crippen LogP contribution is -2.32. The molecule has 0 radical (unpaired) electrons. The molecule has 0 saturated carbocycles. The van der Waals surface area contributed by atoms with Gasteiger partial charge < -0.3 is 14.8 Å². The van der Waals surface area contributed by atoms with E-state index in [0.29, 0.717) is 30.3 Å². The minimum atomic E-state index is -0.233. The summed E-state index contributed by atoms with van der Waals surface area (Å²) in [6.07, 6.45) is 2.13. The van der Waals surface area contributed by atoms with Gasteiger partial charge in [0.25, 0.3) is 5.91 Å². The number of nitrogens with one attached hydrogen (secondary N) is 1. The molecule has 2 aromatic rings. The second kappa shape index (κ2) is 7.44. The van der Waals surface area contributed by atoms with E-state index >= 15 is 0 Å². The molecule has 1 saturated heterocycles. The first-order chi connectivity index (χ1) is 11.7. The molecule has 0 aliphatic carbocycles. The van der Waals surface area contributed by atoms with Crippen molar-refractivity contribution in [2.75, 3.05) is 19.8 Å². The normalized spacial score (nSPS) is 17.0. The van der Waals surface area contributed by atoms with E-state index in [1.807, 2.05) is 38.1 Å². The smallest absolute Gasteiger partial charge is 0.273 e. The average Bonchev–Trinajstić information content (AvgIpc) is 3.23. The van der Waals surface area contributed by atoms with E-state index in [2.05, 4.69) is 15.6 Å². The molecule has 0 spiro atoms. The fraction of sp³-hybridized carbons (Fsp3) is 0.471. The van der Waals surface area contributed by atoms with E-state index in [4.69, 9.17) is 9.47 Å². The second-order valence-electron chi connectivity index (χ2n) is 5.68. The molecule has 1 amide bonds. The Kier molecular flexibility index (Phi) is 5.10. The van der Waals surface area contributed by atoms with Gasteiger partial charge in [-0.25, -0.2) is 4.68 Å². The van der Waals surface area contributed by atoms with Crippen molar-refractivity contribution in [1.29, 1.82) is 0 Å². The zero-order valence-electron chi connectivity index (χ0n) is 14.0. The molecule has 1 aromatic carbocycles. The Balaban J connectivity index is 1.77. The van der Waals surface area contributed by atoms with Crippen molar-refractivity contribution < 1.29 is 14.3 Å². The number of amides is 1. The molecule has 2 heterocycles. The van der Waals surface area contributed by atoms with Gasteiger partial charge in [0.1, 0.15) is 11.4 Å².